The number of nitrogens with zero attached hydrogens (tertiary/aromatic N) is 2. The molecule has 1 heterocycles. The fourth-order valence-electron chi connectivity index (χ4n) is 3.62. The fourth-order valence-corrected chi connectivity index (χ4v) is 3.81. The average molecular weight is 450 g/mol. The van der Waals surface area contributed by atoms with Crippen LogP contribution in [-0.4, -0.2) is 29.2 Å². The standard InChI is InChI=1S/C25H24ClN3O3/c1-17(27-25(30)18-8-7-9-19(26)16-18)24-28-20-10-3-4-11-21(20)29(24)14-15-32-23-13-6-5-12-22(23)31-2/h3-13,16-17H,14-15H2,1-2H3,(H,27,30). The highest BCUT2D eigenvalue weighted by molar-refractivity contribution is 6.30. The Morgan fingerprint density at radius 3 is 2.59 bits per heavy atom. The van der Waals surface area contributed by atoms with Crippen molar-refractivity contribution in [2.45, 2.75) is 19.5 Å². The molecule has 4 aromatic rings. The van der Waals surface area contributed by atoms with Gasteiger partial charge in [0.2, 0.25) is 0 Å². The van der Waals surface area contributed by atoms with E-state index < -0.39 is 0 Å². The van der Waals surface area contributed by atoms with Crippen molar-refractivity contribution in [1.29, 1.82) is 0 Å². The number of ether oxygens (including phenoxy) is 2. The van der Waals surface area contributed by atoms with Crippen LogP contribution in [0.1, 0.15) is 29.1 Å². The van der Waals surface area contributed by atoms with Gasteiger partial charge >= 0.3 is 0 Å². The van der Waals surface area contributed by atoms with Crippen molar-refractivity contribution in [1.82, 2.24) is 14.9 Å². The normalized spacial score (nSPS) is 11.8. The van der Waals surface area contributed by atoms with Crippen molar-refractivity contribution in [3.05, 3.63) is 89.2 Å². The van der Waals surface area contributed by atoms with E-state index in [1.54, 1.807) is 31.4 Å². The van der Waals surface area contributed by atoms with Crippen molar-refractivity contribution in [3.8, 4) is 11.5 Å². The molecule has 1 aromatic heterocycles. The summed E-state index contributed by atoms with van der Waals surface area (Å²) in [5.74, 6) is 1.92. The lowest BCUT2D eigenvalue weighted by atomic mass is 10.2. The predicted octanol–water partition coefficient (Wildman–Crippen LogP) is 5.27. The van der Waals surface area contributed by atoms with E-state index in [0.717, 1.165) is 16.9 Å². The lowest BCUT2D eigenvalue weighted by molar-refractivity contribution is 0.0937. The van der Waals surface area contributed by atoms with E-state index in [1.807, 2.05) is 55.5 Å². The Kier molecular flexibility index (Phi) is 6.61. The molecule has 0 aliphatic carbocycles. The summed E-state index contributed by atoms with van der Waals surface area (Å²) in [6.07, 6.45) is 0. The van der Waals surface area contributed by atoms with Crippen molar-refractivity contribution in [2.75, 3.05) is 13.7 Å². The Labute approximate surface area is 191 Å². The molecule has 1 atom stereocenters. The molecule has 0 fully saturated rings. The van der Waals surface area contributed by atoms with Crippen LogP contribution in [0.5, 0.6) is 11.5 Å². The lowest BCUT2D eigenvalue weighted by Crippen LogP contribution is -2.29. The molecule has 0 bridgehead atoms. The summed E-state index contributed by atoms with van der Waals surface area (Å²) in [5.41, 5.74) is 2.35. The van der Waals surface area contributed by atoms with Crippen LogP contribution in [0, 0.1) is 0 Å². The van der Waals surface area contributed by atoms with Gasteiger partial charge in [0.25, 0.3) is 5.91 Å². The number of halogens is 1. The van der Waals surface area contributed by atoms with Crippen LogP contribution in [0.3, 0.4) is 0 Å². The van der Waals surface area contributed by atoms with Gasteiger partial charge in [0.15, 0.2) is 11.5 Å². The average Bonchev–Trinajstić information content (AvgIpc) is 3.18. The fraction of sp³-hybridized carbons (Fsp3) is 0.200. The second-order valence-corrected chi connectivity index (χ2v) is 7.75. The summed E-state index contributed by atoms with van der Waals surface area (Å²) in [7, 11) is 1.62. The summed E-state index contributed by atoms with van der Waals surface area (Å²) < 4.78 is 13.4. The van der Waals surface area contributed by atoms with Gasteiger partial charge in [0.05, 0.1) is 30.7 Å². The monoisotopic (exact) mass is 449 g/mol. The number of rotatable bonds is 8. The number of carbonyl (C=O) groups is 1. The van der Waals surface area contributed by atoms with E-state index in [-0.39, 0.29) is 11.9 Å². The maximum Gasteiger partial charge on any atom is 0.251 e. The van der Waals surface area contributed by atoms with Crippen LogP contribution in [0.15, 0.2) is 72.8 Å². The Balaban J connectivity index is 1.55. The highest BCUT2D eigenvalue weighted by Gasteiger charge is 2.19. The predicted molar refractivity (Wildman–Crippen MR) is 126 cm³/mol. The molecule has 3 aromatic carbocycles. The molecule has 0 saturated carbocycles. The van der Waals surface area contributed by atoms with E-state index in [1.165, 1.54) is 0 Å². The van der Waals surface area contributed by atoms with E-state index in [4.69, 9.17) is 26.1 Å². The molecule has 0 radical (unpaired) electrons. The van der Waals surface area contributed by atoms with Crippen LogP contribution in [-0.2, 0) is 6.54 Å². The number of hydrogen-bond acceptors (Lipinski definition) is 4. The molecular formula is C25H24ClN3O3. The van der Waals surface area contributed by atoms with Crippen molar-refractivity contribution in [3.63, 3.8) is 0 Å². The SMILES string of the molecule is COc1ccccc1OCCn1c(C(C)NC(=O)c2cccc(Cl)c2)nc2ccccc21. The van der Waals surface area contributed by atoms with E-state index in [0.29, 0.717) is 35.2 Å². The van der Waals surface area contributed by atoms with Gasteiger partial charge in [0.1, 0.15) is 12.4 Å². The number of methoxy groups -OCH3 is 1. The topological polar surface area (TPSA) is 65.4 Å². The summed E-state index contributed by atoms with van der Waals surface area (Å²) >= 11 is 6.03. The molecule has 0 spiro atoms. The smallest absolute Gasteiger partial charge is 0.251 e. The molecule has 0 aliphatic heterocycles. The molecule has 1 N–H and O–H groups in total. The van der Waals surface area contributed by atoms with E-state index >= 15 is 0 Å². The minimum atomic E-state index is -0.319. The van der Waals surface area contributed by atoms with Gasteiger partial charge in [-0.05, 0) is 49.4 Å². The van der Waals surface area contributed by atoms with Crippen LogP contribution in [0.25, 0.3) is 11.0 Å². The lowest BCUT2D eigenvalue weighted by Gasteiger charge is -2.17. The maximum atomic E-state index is 12.7. The van der Waals surface area contributed by atoms with Gasteiger partial charge in [-0.25, -0.2) is 4.98 Å². The zero-order valence-electron chi connectivity index (χ0n) is 17.9. The van der Waals surface area contributed by atoms with E-state index in [2.05, 4.69) is 9.88 Å². The van der Waals surface area contributed by atoms with Crippen molar-refractivity contribution in [2.24, 2.45) is 0 Å². The third-order valence-corrected chi connectivity index (χ3v) is 5.38. The number of amides is 1. The first-order valence-electron chi connectivity index (χ1n) is 10.3. The Hall–Kier alpha value is -3.51. The quantitative estimate of drug-likeness (QED) is 0.398. The summed E-state index contributed by atoms with van der Waals surface area (Å²) in [6.45, 7) is 2.90. The zero-order chi connectivity index (χ0) is 22.5. The number of hydrogen-bond donors (Lipinski definition) is 1. The Morgan fingerprint density at radius 2 is 1.81 bits per heavy atom. The molecule has 0 saturated heterocycles. The van der Waals surface area contributed by atoms with Gasteiger partial charge in [0, 0.05) is 10.6 Å². The van der Waals surface area contributed by atoms with Crippen LogP contribution in [0.4, 0.5) is 0 Å². The van der Waals surface area contributed by atoms with Gasteiger partial charge in [-0.15, -0.1) is 0 Å². The second-order valence-electron chi connectivity index (χ2n) is 7.32. The van der Waals surface area contributed by atoms with Gasteiger partial charge in [-0.3, -0.25) is 4.79 Å². The molecule has 4 rings (SSSR count). The molecular weight excluding hydrogens is 426 g/mol. The highest BCUT2D eigenvalue weighted by Crippen LogP contribution is 2.26. The number of imidazole rings is 1. The molecule has 32 heavy (non-hydrogen) atoms. The summed E-state index contributed by atoms with van der Waals surface area (Å²) in [4.78, 5) is 17.5. The second kappa shape index (κ2) is 9.75. The first-order valence-corrected chi connectivity index (χ1v) is 10.7. The summed E-state index contributed by atoms with van der Waals surface area (Å²) in [6, 6.07) is 22.0. The highest BCUT2D eigenvalue weighted by atomic mass is 35.5. The van der Waals surface area contributed by atoms with E-state index in [9.17, 15) is 4.79 Å². The number of para-hydroxylation sites is 4. The van der Waals surface area contributed by atoms with Gasteiger partial charge in [-0.1, -0.05) is 41.9 Å². The first kappa shape index (κ1) is 21.7. The number of aromatic nitrogens is 2. The van der Waals surface area contributed by atoms with Crippen LogP contribution in [0.2, 0.25) is 5.02 Å². The largest absolute Gasteiger partial charge is 0.493 e. The van der Waals surface area contributed by atoms with Crippen molar-refractivity contribution >= 4 is 28.5 Å². The van der Waals surface area contributed by atoms with Crippen LogP contribution < -0.4 is 14.8 Å². The molecule has 1 amide bonds. The number of carbonyl (C=O) groups excluding carboxylic acids is 1. The zero-order valence-corrected chi connectivity index (χ0v) is 18.7. The van der Waals surface area contributed by atoms with Crippen molar-refractivity contribution < 1.29 is 14.3 Å². The third-order valence-electron chi connectivity index (χ3n) is 5.15. The Morgan fingerprint density at radius 1 is 1.06 bits per heavy atom. The minimum absolute atomic E-state index is 0.205. The van der Waals surface area contributed by atoms with Gasteiger partial charge < -0.3 is 19.4 Å². The number of fused-ring (bicyclic) bond motifs is 1. The number of benzene rings is 3. The third kappa shape index (κ3) is 4.70. The maximum absolute atomic E-state index is 12.7. The number of nitrogens with one attached hydrogen (secondary N) is 1. The van der Waals surface area contributed by atoms with Crippen LogP contribution >= 0.6 is 11.6 Å². The molecule has 6 nitrogen and oxygen atoms in total. The summed E-state index contributed by atoms with van der Waals surface area (Å²) in [5, 5.41) is 3.55. The molecule has 164 valence electrons. The first-order chi connectivity index (χ1) is 15.6. The Bertz CT molecular complexity index is 1240. The molecule has 7 heteroatoms. The molecule has 1 unspecified atom stereocenters. The minimum Gasteiger partial charge on any atom is -0.493 e. The molecule has 0 aliphatic rings. The van der Waals surface area contributed by atoms with Gasteiger partial charge in [-0.2, -0.15) is 0 Å².